The molecule has 5 heteroatoms. The molecule has 1 aliphatic carbocycles. The van der Waals surface area contributed by atoms with Crippen LogP contribution in [0, 0.1) is 11.8 Å². The molecular formula is C23H32N2O3. The number of fused-ring (bicyclic) bond motifs is 1. The van der Waals surface area contributed by atoms with Crippen LogP contribution in [-0.2, 0) is 4.79 Å². The summed E-state index contributed by atoms with van der Waals surface area (Å²) in [6.45, 7) is 4.76. The van der Waals surface area contributed by atoms with Crippen LogP contribution in [0.25, 0.3) is 0 Å². The van der Waals surface area contributed by atoms with Crippen LogP contribution < -0.4 is 14.8 Å². The first kappa shape index (κ1) is 19.3. The lowest BCUT2D eigenvalue weighted by Crippen LogP contribution is -2.37. The number of amides is 1. The van der Waals surface area contributed by atoms with Gasteiger partial charge in [0.2, 0.25) is 5.91 Å². The summed E-state index contributed by atoms with van der Waals surface area (Å²) in [5, 5.41) is 3.00. The second kappa shape index (κ2) is 9.46. The van der Waals surface area contributed by atoms with Crippen molar-refractivity contribution in [1.82, 2.24) is 4.90 Å². The number of nitrogens with zero attached hydrogens (tertiary/aromatic N) is 1. The van der Waals surface area contributed by atoms with E-state index >= 15 is 0 Å². The predicted molar refractivity (Wildman–Crippen MR) is 111 cm³/mol. The third-order valence-electron chi connectivity index (χ3n) is 6.21. The normalized spacial score (nSPS) is 22.8. The summed E-state index contributed by atoms with van der Waals surface area (Å²) in [7, 11) is 0. The number of anilines is 1. The van der Waals surface area contributed by atoms with E-state index < -0.39 is 0 Å². The zero-order chi connectivity index (χ0) is 19.2. The molecule has 28 heavy (non-hydrogen) atoms. The number of nitrogens with one attached hydrogen (secondary N) is 1. The fraction of sp³-hybridized carbons (Fsp3) is 0.609. The van der Waals surface area contributed by atoms with Crippen LogP contribution in [0.2, 0.25) is 0 Å². The number of benzene rings is 1. The summed E-state index contributed by atoms with van der Waals surface area (Å²) in [6, 6.07) is 5.59. The maximum atomic E-state index is 12.4. The number of piperidine rings is 1. The third-order valence-corrected chi connectivity index (χ3v) is 6.21. The molecule has 1 saturated heterocycles. The molecular weight excluding hydrogens is 352 g/mol. The quantitative estimate of drug-likeness (QED) is 0.745. The van der Waals surface area contributed by atoms with Gasteiger partial charge in [0.15, 0.2) is 11.5 Å². The van der Waals surface area contributed by atoms with Crippen LogP contribution >= 0.6 is 0 Å². The van der Waals surface area contributed by atoms with E-state index in [2.05, 4.69) is 22.4 Å². The van der Waals surface area contributed by atoms with Crippen molar-refractivity contribution in [2.75, 3.05) is 38.2 Å². The van der Waals surface area contributed by atoms with E-state index in [-0.39, 0.29) is 5.91 Å². The minimum atomic E-state index is 0.0908. The maximum Gasteiger partial charge on any atom is 0.224 e. The summed E-state index contributed by atoms with van der Waals surface area (Å²) in [5.41, 5.74) is 0.783. The van der Waals surface area contributed by atoms with Gasteiger partial charge in [0, 0.05) is 24.7 Å². The van der Waals surface area contributed by atoms with Gasteiger partial charge in [-0.15, -0.1) is 0 Å². The highest BCUT2D eigenvalue weighted by Gasteiger charge is 2.22. The third kappa shape index (κ3) is 5.28. The lowest BCUT2D eigenvalue weighted by atomic mass is 9.89. The van der Waals surface area contributed by atoms with Gasteiger partial charge in [0.25, 0.3) is 0 Å². The van der Waals surface area contributed by atoms with Crippen molar-refractivity contribution in [3.8, 4) is 11.5 Å². The van der Waals surface area contributed by atoms with Crippen molar-refractivity contribution in [1.29, 1.82) is 0 Å². The molecule has 2 aliphatic heterocycles. The first-order valence-corrected chi connectivity index (χ1v) is 10.8. The highest BCUT2D eigenvalue weighted by Crippen LogP contribution is 2.33. The van der Waals surface area contributed by atoms with E-state index in [4.69, 9.17) is 9.47 Å². The average Bonchev–Trinajstić information content (AvgIpc) is 2.74. The number of hydrogen-bond donors (Lipinski definition) is 1. The summed E-state index contributed by atoms with van der Waals surface area (Å²) in [5.74, 6) is 3.07. The van der Waals surface area contributed by atoms with Gasteiger partial charge in [-0.2, -0.15) is 0 Å². The van der Waals surface area contributed by atoms with Gasteiger partial charge in [0.1, 0.15) is 13.2 Å². The maximum absolute atomic E-state index is 12.4. The molecule has 1 aromatic rings. The molecule has 0 aromatic heterocycles. The number of rotatable bonds is 6. The molecule has 1 unspecified atom stereocenters. The monoisotopic (exact) mass is 384 g/mol. The van der Waals surface area contributed by atoms with Gasteiger partial charge in [0.05, 0.1) is 0 Å². The van der Waals surface area contributed by atoms with Crippen LogP contribution in [0.1, 0.15) is 44.9 Å². The van der Waals surface area contributed by atoms with E-state index in [1.807, 2.05) is 18.2 Å². The molecule has 0 bridgehead atoms. The SMILES string of the molecule is O=C(CCC1CCN(CC2CC=CCC2)CC1)Nc1ccc2c(c1)OCCO2. The molecule has 4 rings (SSSR count). The van der Waals surface area contributed by atoms with Crippen molar-refractivity contribution in [3.05, 3.63) is 30.4 Å². The van der Waals surface area contributed by atoms with Gasteiger partial charge in [-0.05, 0) is 75.6 Å². The topological polar surface area (TPSA) is 50.8 Å². The van der Waals surface area contributed by atoms with Crippen LogP contribution in [0.3, 0.4) is 0 Å². The molecule has 3 aliphatic rings. The minimum absolute atomic E-state index is 0.0908. The molecule has 1 N–H and O–H groups in total. The molecule has 152 valence electrons. The highest BCUT2D eigenvalue weighted by atomic mass is 16.6. The number of hydrogen-bond acceptors (Lipinski definition) is 4. The Morgan fingerprint density at radius 2 is 1.86 bits per heavy atom. The molecule has 5 nitrogen and oxygen atoms in total. The highest BCUT2D eigenvalue weighted by molar-refractivity contribution is 5.91. The smallest absolute Gasteiger partial charge is 0.224 e. The average molecular weight is 385 g/mol. The lowest BCUT2D eigenvalue weighted by molar-refractivity contribution is -0.116. The second-order valence-electron chi connectivity index (χ2n) is 8.34. The fourth-order valence-corrected chi connectivity index (χ4v) is 4.52. The van der Waals surface area contributed by atoms with Crippen molar-refractivity contribution in [3.63, 3.8) is 0 Å². The van der Waals surface area contributed by atoms with E-state index in [9.17, 15) is 4.79 Å². The molecule has 1 amide bonds. The van der Waals surface area contributed by atoms with Crippen molar-refractivity contribution in [2.45, 2.75) is 44.9 Å². The Bertz CT molecular complexity index is 695. The summed E-state index contributed by atoms with van der Waals surface area (Å²) >= 11 is 0. The lowest BCUT2D eigenvalue weighted by Gasteiger charge is -2.34. The molecule has 2 heterocycles. The Balaban J connectivity index is 1.16. The second-order valence-corrected chi connectivity index (χ2v) is 8.34. The number of carbonyl (C=O) groups is 1. The van der Waals surface area contributed by atoms with E-state index in [1.54, 1.807) is 0 Å². The van der Waals surface area contributed by atoms with E-state index in [1.165, 1.54) is 51.7 Å². The van der Waals surface area contributed by atoms with Gasteiger partial charge in [-0.3, -0.25) is 4.79 Å². The standard InChI is InChI=1S/C23H32N2O3/c26-23(24-20-7-8-21-22(16-20)28-15-14-27-21)9-6-18-10-12-25(13-11-18)17-19-4-2-1-3-5-19/h1-2,7-8,16,18-19H,3-6,9-15,17H2,(H,24,26). The van der Waals surface area contributed by atoms with Crippen LogP contribution in [0.15, 0.2) is 30.4 Å². The molecule has 1 aromatic carbocycles. The Labute approximate surface area is 168 Å². The Kier molecular flexibility index (Phi) is 6.53. The zero-order valence-electron chi connectivity index (χ0n) is 16.7. The largest absolute Gasteiger partial charge is 0.486 e. The van der Waals surface area contributed by atoms with Gasteiger partial charge >= 0.3 is 0 Å². The Morgan fingerprint density at radius 3 is 2.64 bits per heavy atom. The number of carbonyl (C=O) groups excluding carboxylic acids is 1. The van der Waals surface area contributed by atoms with Gasteiger partial charge in [-0.1, -0.05) is 12.2 Å². The van der Waals surface area contributed by atoms with Crippen molar-refractivity contribution >= 4 is 11.6 Å². The molecule has 0 saturated carbocycles. The molecule has 1 atom stereocenters. The Morgan fingerprint density at radius 1 is 1.04 bits per heavy atom. The van der Waals surface area contributed by atoms with E-state index in [0.717, 1.165) is 23.8 Å². The number of ether oxygens (including phenoxy) is 2. The first-order valence-electron chi connectivity index (χ1n) is 10.8. The summed E-state index contributed by atoms with van der Waals surface area (Å²) < 4.78 is 11.1. The van der Waals surface area contributed by atoms with Gasteiger partial charge < -0.3 is 19.7 Å². The first-order chi connectivity index (χ1) is 13.8. The Hall–Kier alpha value is -2.01. The van der Waals surface area contributed by atoms with Crippen LogP contribution in [0.4, 0.5) is 5.69 Å². The van der Waals surface area contributed by atoms with Crippen molar-refractivity contribution in [2.24, 2.45) is 11.8 Å². The van der Waals surface area contributed by atoms with Crippen LogP contribution in [0.5, 0.6) is 11.5 Å². The number of allylic oxidation sites excluding steroid dienone is 2. The van der Waals surface area contributed by atoms with Crippen LogP contribution in [-0.4, -0.2) is 43.7 Å². The minimum Gasteiger partial charge on any atom is -0.486 e. The molecule has 1 fully saturated rings. The molecule has 0 spiro atoms. The van der Waals surface area contributed by atoms with Crippen molar-refractivity contribution < 1.29 is 14.3 Å². The predicted octanol–water partition coefficient (Wildman–Crippen LogP) is 4.24. The van der Waals surface area contributed by atoms with Gasteiger partial charge in [-0.25, -0.2) is 0 Å². The summed E-state index contributed by atoms with van der Waals surface area (Å²) in [4.78, 5) is 15.0. The number of likely N-dealkylation sites (tertiary alicyclic amines) is 1. The molecule has 0 radical (unpaired) electrons. The van der Waals surface area contributed by atoms with E-state index in [0.29, 0.717) is 31.3 Å². The zero-order valence-corrected chi connectivity index (χ0v) is 16.7. The summed E-state index contributed by atoms with van der Waals surface area (Å²) in [6.07, 6.45) is 12.5. The fourth-order valence-electron chi connectivity index (χ4n) is 4.52.